The second kappa shape index (κ2) is 4.24. The first-order chi connectivity index (χ1) is 8.28. The second-order valence-corrected chi connectivity index (χ2v) is 4.80. The molecule has 0 radical (unpaired) electrons. The molecule has 90 valence electrons. The van der Waals surface area contributed by atoms with Crippen molar-refractivity contribution >= 4 is 5.71 Å². The molecule has 0 amide bonds. The predicted molar refractivity (Wildman–Crippen MR) is 66.0 cm³/mol. The third-order valence-electron chi connectivity index (χ3n) is 3.61. The van der Waals surface area contributed by atoms with Crippen LogP contribution in [-0.4, -0.2) is 23.2 Å². The first-order valence-corrected chi connectivity index (χ1v) is 6.26. The van der Waals surface area contributed by atoms with Gasteiger partial charge < -0.3 is 9.84 Å². The van der Waals surface area contributed by atoms with Gasteiger partial charge in [-0.05, 0) is 24.8 Å². The number of aliphatic imine (C=N–C) groups is 1. The van der Waals surface area contributed by atoms with Crippen LogP contribution in [0.3, 0.4) is 0 Å². The molecule has 2 aliphatic rings. The van der Waals surface area contributed by atoms with Crippen molar-refractivity contribution in [2.45, 2.75) is 37.5 Å². The van der Waals surface area contributed by atoms with Crippen molar-refractivity contribution in [2.24, 2.45) is 4.99 Å². The highest BCUT2D eigenvalue weighted by Crippen LogP contribution is 2.34. The lowest BCUT2D eigenvalue weighted by Crippen LogP contribution is -2.47. The van der Waals surface area contributed by atoms with Crippen LogP contribution in [0.2, 0.25) is 0 Å². The molecule has 1 aliphatic heterocycles. The van der Waals surface area contributed by atoms with Gasteiger partial charge in [-0.25, -0.2) is 0 Å². The summed E-state index contributed by atoms with van der Waals surface area (Å²) in [4.78, 5) is 4.69. The van der Waals surface area contributed by atoms with Crippen molar-refractivity contribution < 1.29 is 9.84 Å². The van der Waals surface area contributed by atoms with Gasteiger partial charge in [-0.15, -0.1) is 0 Å². The molecule has 1 aromatic rings. The summed E-state index contributed by atoms with van der Waals surface area (Å²) in [5.74, 6) is -1.07. The Labute approximate surface area is 101 Å². The van der Waals surface area contributed by atoms with Gasteiger partial charge in [0.1, 0.15) is 0 Å². The lowest BCUT2D eigenvalue weighted by molar-refractivity contribution is -0.170. The van der Waals surface area contributed by atoms with E-state index in [0.717, 1.165) is 30.5 Å². The van der Waals surface area contributed by atoms with Crippen LogP contribution in [0.1, 0.15) is 37.3 Å². The standard InChI is InChI=1S/C14H17NO2/c16-14-9-5-4-8-13(14)15-12(10-17-14)11-6-2-1-3-7-11/h1-3,6-7,12,16H,4-5,8-10H2/t12-,14-/m1/s1. The fraction of sp³-hybridized carbons (Fsp3) is 0.500. The number of rotatable bonds is 1. The number of benzene rings is 1. The topological polar surface area (TPSA) is 41.8 Å². The Kier molecular flexibility index (Phi) is 2.73. The van der Waals surface area contributed by atoms with Gasteiger partial charge >= 0.3 is 0 Å². The molecule has 0 aromatic heterocycles. The molecular formula is C14H17NO2. The molecule has 1 aliphatic carbocycles. The van der Waals surface area contributed by atoms with Crippen molar-refractivity contribution in [1.29, 1.82) is 0 Å². The average molecular weight is 231 g/mol. The molecule has 0 bridgehead atoms. The summed E-state index contributed by atoms with van der Waals surface area (Å²) in [6.07, 6.45) is 3.67. The minimum absolute atomic E-state index is 0.0459. The van der Waals surface area contributed by atoms with Crippen molar-refractivity contribution in [3.8, 4) is 0 Å². The summed E-state index contributed by atoms with van der Waals surface area (Å²) in [5.41, 5.74) is 2.00. The largest absolute Gasteiger partial charge is 0.361 e. The van der Waals surface area contributed by atoms with Crippen LogP contribution in [0.15, 0.2) is 35.3 Å². The van der Waals surface area contributed by atoms with Gasteiger partial charge in [0.25, 0.3) is 0 Å². The van der Waals surface area contributed by atoms with Crippen LogP contribution in [0.5, 0.6) is 0 Å². The Morgan fingerprint density at radius 2 is 2.06 bits per heavy atom. The van der Waals surface area contributed by atoms with Crippen molar-refractivity contribution in [3.05, 3.63) is 35.9 Å². The maximum absolute atomic E-state index is 10.3. The van der Waals surface area contributed by atoms with E-state index in [0.29, 0.717) is 13.0 Å². The van der Waals surface area contributed by atoms with Crippen molar-refractivity contribution in [3.63, 3.8) is 0 Å². The third-order valence-corrected chi connectivity index (χ3v) is 3.61. The Morgan fingerprint density at radius 3 is 2.88 bits per heavy atom. The molecule has 17 heavy (non-hydrogen) atoms. The summed E-state index contributed by atoms with van der Waals surface area (Å²) in [7, 11) is 0. The second-order valence-electron chi connectivity index (χ2n) is 4.80. The maximum Gasteiger partial charge on any atom is 0.205 e. The highest BCUT2D eigenvalue weighted by atomic mass is 16.6. The highest BCUT2D eigenvalue weighted by Gasteiger charge is 2.40. The summed E-state index contributed by atoms with van der Waals surface area (Å²) in [5, 5.41) is 10.3. The number of nitrogens with zero attached hydrogens (tertiary/aromatic N) is 1. The van der Waals surface area contributed by atoms with Crippen molar-refractivity contribution in [1.82, 2.24) is 0 Å². The summed E-state index contributed by atoms with van der Waals surface area (Å²) in [6.45, 7) is 0.476. The van der Waals surface area contributed by atoms with E-state index in [1.54, 1.807) is 0 Å². The molecule has 1 heterocycles. The Morgan fingerprint density at radius 1 is 1.24 bits per heavy atom. The lowest BCUT2D eigenvalue weighted by atomic mass is 9.90. The van der Waals surface area contributed by atoms with E-state index in [2.05, 4.69) is 17.1 Å². The molecule has 1 saturated carbocycles. The maximum atomic E-state index is 10.3. The molecule has 3 nitrogen and oxygen atoms in total. The van der Waals surface area contributed by atoms with Crippen LogP contribution >= 0.6 is 0 Å². The fourth-order valence-corrected chi connectivity index (χ4v) is 2.61. The molecule has 0 saturated heterocycles. The minimum Gasteiger partial charge on any atom is -0.361 e. The van der Waals surface area contributed by atoms with E-state index >= 15 is 0 Å². The molecule has 0 unspecified atom stereocenters. The van der Waals surface area contributed by atoms with Crippen LogP contribution < -0.4 is 0 Å². The summed E-state index contributed by atoms with van der Waals surface area (Å²) >= 11 is 0. The van der Waals surface area contributed by atoms with Gasteiger partial charge in [-0.1, -0.05) is 30.3 Å². The smallest absolute Gasteiger partial charge is 0.205 e. The first-order valence-electron chi connectivity index (χ1n) is 6.26. The zero-order valence-corrected chi connectivity index (χ0v) is 9.80. The Bertz CT molecular complexity index is 429. The zero-order valence-electron chi connectivity index (χ0n) is 9.80. The molecular weight excluding hydrogens is 214 g/mol. The van der Waals surface area contributed by atoms with Crippen LogP contribution in [0, 0.1) is 0 Å². The minimum atomic E-state index is -1.07. The Balaban J connectivity index is 1.89. The van der Waals surface area contributed by atoms with E-state index < -0.39 is 5.79 Å². The fourth-order valence-electron chi connectivity index (χ4n) is 2.61. The normalized spacial score (nSPS) is 32.8. The summed E-state index contributed by atoms with van der Waals surface area (Å²) < 4.78 is 5.66. The number of hydrogen-bond acceptors (Lipinski definition) is 3. The lowest BCUT2D eigenvalue weighted by Gasteiger charge is -2.38. The quantitative estimate of drug-likeness (QED) is 0.806. The van der Waals surface area contributed by atoms with Crippen molar-refractivity contribution in [2.75, 3.05) is 6.61 Å². The van der Waals surface area contributed by atoms with Gasteiger partial charge in [-0.2, -0.15) is 0 Å². The number of ether oxygens (including phenoxy) is 1. The van der Waals surface area contributed by atoms with Crippen LogP contribution in [0.25, 0.3) is 0 Å². The zero-order chi connectivity index (χ0) is 11.7. The van der Waals surface area contributed by atoms with Gasteiger partial charge in [0.05, 0.1) is 18.4 Å². The molecule has 1 fully saturated rings. The molecule has 2 atom stereocenters. The first kappa shape index (κ1) is 10.9. The van der Waals surface area contributed by atoms with Crippen LogP contribution in [0.4, 0.5) is 0 Å². The van der Waals surface area contributed by atoms with Gasteiger partial charge in [0, 0.05) is 6.42 Å². The SMILES string of the molecule is O[C@@]12CCCCC1=N[C@@H](c1ccccc1)CO2. The third kappa shape index (κ3) is 2.01. The van der Waals surface area contributed by atoms with E-state index in [-0.39, 0.29) is 6.04 Å². The predicted octanol–water partition coefficient (Wildman–Crippen LogP) is 2.46. The summed E-state index contributed by atoms with van der Waals surface area (Å²) in [6, 6.07) is 10.2. The molecule has 3 heteroatoms. The van der Waals surface area contributed by atoms with Gasteiger partial charge in [0.2, 0.25) is 5.79 Å². The monoisotopic (exact) mass is 231 g/mol. The van der Waals surface area contributed by atoms with E-state index in [4.69, 9.17) is 4.74 Å². The van der Waals surface area contributed by atoms with Gasteiger partial charge in [-0.3, -0.25) is 4.99 Å². The average Bonchev–Trinajstić information content (AvgIpc) is 2.39. The van der Waals surface area contributed by atoms with E-state index in [1.807, 2.05) is 18.2 Å². The molecule has 1 aromatic carbocycles. The van der Waals surface area contributed by atoms with Gasteiger partial charge in [0.15, 0.2) is 0 Å². The number of hydrogen-bond donors (Lipinski definition) is 1. The van der Waals surface area contributed by atoms with Crippen LogP contribution in [-0.2, 0) is 4.74 Å². The number of aliphatic hydroxyl groups is 1. The van der Waals surface area contributed by atoms with E-state index in [9.17, 15) is 5.11 Å². The molecule has 1 N–H and O–H groups in total. The highest BCUT2D eigenvalue weighted by molar-refractivity contribution is 5.92. The molecule has 0 spiro atoms. The molecule has 3 rings (SSSR count). The van der Waals surface area contributed by atoms with E-state index in [1.165, 1.54) is 0 Å². The Hall–Kier alpha value is -1.19. The number of fused-ring (bicyclic) bond motifs is 1.